The Morgan fingerprint density at radius 1 is 0.972 bits per heavy atom. The van der Waals surface area contributed by atoms with E-state index in [4.69, 9.17) is 20.4 Å². The molecule has 2 aromatic carbocycles. The summed E-state index contributed by atoms with van der Waals surface area (Å²) in [7, 11) is 0. The third-order valence-corrected chi connectivity index (χ3v) is 5.29. The third kappa shape index (κ3) is 11.7. The molecule has 8 heteroatoms. The smallest absolute Gasteiger partial charge is 0.332 e. The summed E-state index contributed by atoms with van der Waals surface area (Å²) in [6, 6.07) is 17.2. The van der Waals surface area contributed by atoms with E-state index in [1.807, 2.05) is 42.5 Å². The molecular weight excluding hydrogens is 478 g/mol. The van der Waals surface area contributed by atoms with E-state index in [-0.39, 0.29) is 5.05 Å². The fourth-order valence-electron chi connectivity index (χ4n) is 3.05. The second kappa shape index (κ2) is 16.9. The number of fused-ring (bicyclic) bond motifs is 1. The number of nitrogens with zero attached hydrogens (tertiary/aromatic N) is 1. The number of hydrogen-bond donors (Lipinski definition) is 4. The van der Waals surface area contributed by atoms with Gasteiger partial charge in [-0.1, -0.05) is 75.1 Å². The molecule has 0 fully saturated rings. The third-order valence-electron chi connectivity index (χ3n) is 5.06. The van der Waals surface area contributed by atoms with E-state index in [2.05, 4.69) is 24.1 Å². The summed E-state index contributed by atoms with van der Waals surface area (Å²) in [5, 5.41) is 36.8. The zero-order valence-corrected chi connectivity index (χ0v) is 21.3. The van der Waals surface area contributed by atoms with Gasteiger partial charge in [-0.3, -0.25) is 4.98 Å². The van der Waals surface area contributed by atoms with Crippen LogP contribution in [-0.4, -0.2) is 48.5 Å². The van der Waals surface area contributed by atoms with Crippen molar-refractivity contribution in [2.24, 2.45) is 0 Å². The Morgan fingerprint density at radius 2 is 1.67 bits per heavy atom. The number of aliphatic hydroxyl groups excluding tert-OH is 2. The number of aliphatic carboxylic acids is 2. The molecule has 7 nitrogen and oxygen atoms in total. The molecule has 0 aliphatic carbocycles. The van der Waals surface area contributed by atoms with Gasteiger partial charge in [0.1, 0.15) is 0 Å². The van der Waals surface area contributed by atoms with Gasteiger partial charge in [-0.25, -0.2) is 9.59 Å². The minimum Gasteiger partial charge on any atom is -0.498 e. The van der Waals surface area contributed by atoms with E-state index in [9.17, 15) is 9.59 Å². The second-order valence-corrected chi connectivity index (χ2v) is 8.34. The van der Waals surface area contributed by atoms with Crippen LogP contribution in [0.5, 0.6) is 0 Å². The summed E-state index contributed by atoms with van der Waals surface area (Å²) >= 11 is 4.48. The summed E-state index contributed by atoms with van der Waals surface area (Å²) < 4.78 is 0. The zero-order valence-electron chi connectivity index (χ0n) is 20.5. The predicted octanol–water partition coefficient (Wildman–Crippen LogP) is 6.05. The Hall–Kier alpha value is -3.62. The molecule has 0 saturated heterocycles. The van der Waals surface area contributed by atoms with Gasteiger partial charge in [0.15, 0.2) is 11.2 Å². The highest BCUT2D eigenvalue weighted by atomic mass is 32.1. The van der Waals surface area contributed by atoms with Crippen LogP contribution in [0.2, 0.25) is 0 Å². The highest BCUT2D eigenvalue weighted by Crippen LogP contribution is 2.20. The van der Waals surface area contributed by atoms with Crippen LogP contribution >= 0.6 is 12.2 Å². The highest BCUT2D eigenvalue weighted by molar-refractivity contribution is 7.80. The molecule has 1 atom stereocenters. The van der Waals surface area contributed by atoms with Gasteiger partial charge in [0, 0.05) is 23.5 Å². The van der Waals surface area contributed by atoms with Crippen molar-refractivity contribution >= 4 is 46.1 Å². The number of carbonyl (C=O) groups is 2. The Morgan fingerprint density at radius 3 is 2.22 bits per heavy atom. The molecule has 192 valence electrons. The van der Waals surface area contributed by atoms with Gasteiger partial charge in [0.05, 0.1) is 0 Å². The quantitative estimate of drug-likeness (QED) is 0.155. The first-order valence-electron chi connectivity index (χ1n) is 11.6. The first-order valence-corrected chi connectivity index (χ1v) is 12.0. The van der Waals surface area contributed by atoms with Crippen LogP contribution in [0.25, 0.3) is 16.8 Å². The van der Waals surface area contributed by atoms with Gasteiger partial charge in [0.2, 0.25) is 0 Å². The summed E-state index contributed by atoms with van der Waals surface area (Å²) in [6.45, 7) is 3.69. The average molecular weight is 512 g/mol. The van der Waals surface area contributed by atoms with Crippen molar-refractivity contribution in [3.63, 3.8) is 0 Å². The van der Waals surface area contributed by atoms with Crippen molar-refractivity contribution in [3.05, 3.63) is 83.7 Å². The fourth-order valence-corrected chi connectivity index (χ4v) is 3.17. The lowest BCUT2D eigenvalue weighted by Crippen LogP contribution is -2.18. The molecule has 0 bridgehead atoms. The number of benzene rings is 2. The normalized spacial score (nSPS) is 11.4. The Balaban J connectivity index is 0.000000285. The van der Waals surface area contributed by atoms with Crippen molar-refractivity contribution in [2.75, 3.05) is 0 Å². The number of carboxylic acid groups (broad SMARTS) is 2. The van der Waals surface area contributed by atoms with Crippen LogP contribution in [0.4, 0.5) is 0 Å². The van der Waals surface area contributed by atoms with Crippen molar-refractivity contribution in [1.82, 2.24) is 4.98 Å². The molecule has 1 aromatic heterocycles. The van der Waals surface area contributed by atoms with E-state index < -0.39 is 18.0 Å². The number of hydrogen-bond acceptors (Lipinski definition) is 5. The minimum atomic E-state index is -1.16. The topological polar surface area (TPSA) is 128 Å². The number of rotatable bonds is 9. The number of carboxylic acids is 2. The molecular formula is C28H33NO6S. The van der Waals surface area contributed by atoms with Crippen molar-refractivity contribution in [2.45, 2.75) is 52.1 Å². The molecule has 0 radical (unpaired) electrons. The van der Waals surface area contributed by atoms with Crippen LogP contribution in [0.3, 0.4) is 0 Å². The molecule has 0 aliphatic rings. The first kappa shape index (κ1) is 30.4. The van der Waals surface area contributed by atoms with Crippen LogP contribution in [0.1, 0.15) is 57.1 Å². The molecule has 1 heterocycles. The number of aromatic nitrogens is 1. The van der Waals surface area contributed by atoms with Crippen molar-refractivity contribution in [3.8, 4) is 0 Å². The Kier molecular flexibility index (Phi) is 14.3. The van der Waals surface area contributed by atoms with E-state index in [0.717, 1.165) is 42.0 Å². The average Bonchev–Trinajstić information content (AvgIpc) is 2.88. The highest BCUT2D eigenvalue weighted by Gasteiger charge is 2.11. The number of pyridine rings is 1. The maximum absolute atomic E-state index is 10.8. The van der Waals surface area contributed by atoms with Gasteiger partial charge in [-0.15, -0.1) is 0 Å². The number of thiocarbonyl (C=S) groups is 1. The Labute approximate surface area is 216 Å². The molecule has 4 N–H and O–H groups in total. The zero-order chi connectivity index (χ0) is 26.9. The summed E-state index contributed by atoms with van der Waals surface area (Å²) in [5.41, 5.74) is 1.88. The lowest BCUT2D eigenvalue weighted by molar-refractivity contribution is -0.147. The van der Waals surface area contributed by atoms with E-state index >= 15 is 0 Å². The Bertz CT molecular complexity index is 1140. The van der Waals surface area contributed by atoms with Crippen LogP contribution in [-0.2, 0) is 9.59 Å². The van der Waals surface area contributed by atoms with Crippen LogP contribution in [0, 0.1) is 0 Å². The maximum Gasteiger partial charge on any atom is 0.332 e. The molecule has 1 unspecified atom stereocenters. The van der Waals surface area contributed by atoms with Crippen LogP contribution in [0.15, 0.2) is 72.6 Å². The summed E-state index contributed by atoms with van der Waals surface area (Å²) in [4.78, 5) is 24.6. The lowest BCUT2D eigenvalue weighted by atomic mass is 10.0. The second-order valence-electron chi connectivity index (χ2n) is 7.95. The summed E-state index contributed by atoms with van der Waals surface area (Å²) in [5.74, 6) is -1.99. The van der Waals surface area contributed by atoms with E-state index in [0.29, 0.717) is 17.6 Å². The lowest BCUT2D eigenvalue weighted by Gasteiger charge is -2.03. The fraction of sp³-hybridized carbons (Fsp3) is 0.286. The van der Waals surface area contributed by atoms with Crippen molar-refractivity contribution in [1.29, 1.82) is 0 Å². The predicted molar refractivity (Wildman–Crippen MR) is 146 cm³/mol. The molecule has 0 amide bonds. The van der Waals surface area contributed by atoms with Gasteiger partial charge in [-0.2, -0.15) is 0 Å². The summed E-state index contributed by atoms with van der Waals surface area (Å²) in [6.07, 6.45) is 8.13. The SMILES string of the molecule is CC(=Cc1cccc2ccccc12)C(=O)O.CCCCCCC(O)C(=O)O.OC(=S)c1cccnc1. The molecule has 3 aromatic rings. The van der Waals surface area contributed by atoms with Gasteiger partial charge in [-0.05, 0) is 60.1 Å². The number of unbranched alkanes of at least 4 members (excludes halogenated alkanes) is 3. The molecule has 0 spiro atoms. The van der Waals surface area contributed by atoms with Crippen LogP contribution < -0.4 is 0 Å². The molecule has 0 aliphatic heterocycles. The van der Waals surface area contributed by atoms with Gasteiger partial charge < -0.3 is 20.4 Å². The first-order chi connectivity index (χ1) is 17.2. The van der Waals surface area contributed by atoms with E-state index in [1.165, 1.54) is 6.20 Å². The van der Waals surface area contributed by atoms with Gasteiger partial charge >= 0.3 is 11.9 Å². The largest absolute Gasteiger partial charge is 0.498 e. The molecule has 3 rings (SSSR count). The van der Waals surface area contributed by atoms with Crippen molar-refractivity contribution < 1.29 is 30.0 Å². The number of aliphatic hydroxyl groups is 2. The van der Waals surface area contributed by atoms with E-state index in [1.54, 1.807) is 31.3 Å². The molecule has 0 saturated carbocycles. The minimum absolute atomic E-state index is 0.108. The van der Waals surface area contributed by atoms with Gasteiger partial charge in [0.25, 0.3) is 0 Å². The maximum atomic E-state index is 10.8. The molecule has 36 heavy (non-hydrogen) atoms. The monoisotopic (exact) mass is 511 g/mol. The standard InChI is InChI=1S/C14H12O2.C8H16O3.C6H5NOS/c1-10(14(15)16)9-12-7-4-6-11-5-2-3-8-13(11)12;1-2-3-4-5-6-7(9)8(10)11;8-6(9)5-2-1-3-7-4-5/h2-9H,1H3,(H,15,16);7,9H,2-6H2,1H3,(H,10,11);1-4H,(H,8,9).